The van der Waals surface area contributed by atoms with Crippen molar-refractivity contribution in [3.05, 3.63) is 45.4 Å². The van der Waals surface area contributed by atoms with Crippen molar-refractivity contribution in [2.75, 3.05) is 33.3 Å². The number of carbonyl (C=O) groups excluding carboxylic acids is 1. The molecule has 26 heavy (non-hydrogen) atoms. The van der Waals surface area contributed by atoms with Gasteiger partial charge in [-0.25, -0.2) is 0 Å². The summed E-state index contributed by atoms with van der Waals surface area (Å²) in [7, 11) is 2.11. The Balaban J connectivity index is 1.78. The Kier molecular flexibility index (Phi) is 6.16. The molecule has 0 aliphatic carbocycles. The van der Waals surface area contributed by atoms with Crippen LogP contribution in [0.25, 0.3) is 0 Å². The molecule has 5 nitrogen and oxygen atoms in total. The Morgan fingerprint density at radius 2 is 2.31 bits per heavy atom. The van der Waals surface area contributed by atoms with Crippen LogP contribution in [0.3, 0.4) is 0 Å². The smallest absolute Gasteiger partial charge is 0.231 e. The lowest BCUT2D eigenvalue weighted by atomic mass is 10.1. The molecule has 6 heteroatoms. The minimum absolute atomic E-state index is 0.0635. The van der Waals surface area contributed by atoms with Gasteiger partial charge >= 0.3 is 0 Å². The predicted molar refractivity (Wildman–Crippen MR) is 106 cm³/mol. The Morgan fingerprint density at radius 1 is 1.50 bits per heavy atom. The van der Waals surface area contributed by atoms with Crippen LogP contribution >= 0.6 is 11.3 Å². The van der Waals surface area contributed by atoms with Gasteiger partial charge in [0.15, 0.2) is 0 Å². The fourth-order valence-corrected chi connectivity index (χ4v) is 4.32. The van der Waals surface area contributed by atoms with Gasteiger partial charge in [-0.2, -0.15) is 0 Å². The van der Waals surface area contributed by atoms with Gasteiger partial charge in [0.2, 0.25) is 5.91 Å². The highest BCUT2D eigenvalue weighted by molar-refractivity contribution is 7.10. The van der Waals surface area contributed by atoms with E-state index >= 15 is 0 Å². The molecular formula is C20H29N3O2S. The zero-order valence-electron chi connectivity index (χ0n) is 16.1. The van der Waals surface area contributed by atoms with Gasteiger partial charge in [-0.1, -0.05) is 6.07 Å². The number of ether oxygens (including phenoxy) is 1. The molecule has 1 aliphatic rings. The summed E-state index contributed by atoms with van der Waals surface area (Å²) in [6.45, 7) is 9.91. The molecule has 0 radical (unpaired) electrons. The Bertz CT molecular complexity index is 726. The maximum atomic E-state index is 13.3. The number of carbonyl (C=O) groups is 1. The Labute approximate surface area is 160 Å². The van der Waals surface area contributed by atoms with Crippen molar-refractivity contribution < 1.29 is 9.53 Å². The van der Waals surface area contributed by atoms with Crippen molar-refractivity contribution in [2.24, 2.45) is 0 Å². The first-order valence-electron chi connectivity index (χ1n) is 9.21. The molecular weight excluding hydrogens is 346 g/mol. The number of nitrogens with one attached hydrogen (secondary N) is 1. The van der Waals surface area contributed by atoms with Crippen molar-refractivity contribution in [2.45, 2.75) is 39.3 Å². The van der Waals surface area contributed by atoms with Gasteiger partial charge in [-0.15, -0.1) is 11.3 Å². The number of hydrogen-bond acceptors (Lipinski definition) is 4. The maximum absolute atomic E-state index is 13.3. The monoisotopic (exact) mass is 375 g/mol. The van der Waals surface area contributed by atoms with E-state index in [0.717, 1.165) is 36.0 Å². The summed E-state index contributed by atoms with van der Waals surface area (Å²) in [5, 5.41) is 2.03. The number of amides is 1. The van der Waals surface area contributed by atoms with Gasteiger partial charge in [0, 0.05) is 42.4 Å². The number of aryl methyl sites for hydroxylation is 2. The number of aromatic amines is 1. The number of nitrogens with zero attached hydrogens (tertiary/aromatic N) is 2. The lowest BCUT2D eigenvalue weighted by Crippen LogP contribution is -2.48. The van der Waals surface area contributed by atoms with Gasteiger partial charge in [0.05, 0.1) is 18.6 Å². The number of aromatic nitrogens is 1. The van der Waals surface area contributed by atoms with Gasteiger partial charge in [-0.3, -0.25) is 4.79 Å². The van der Waals surface area contributed by atoms with Crippen LogP contribution in [0.15, 0.2) is 23.6 Å². The van der Waals surface area contributed by atoms with E-state index < -0.39 is 0 Å². The third-order valence-electron chi connectivity index (χ3n) is 5.04. The van der Waals surface area contributed by atoms with Crippen molar-refractivity contribution in [1.82, 2.24) is 14.8 Å². The Hall–Kier alpha value is -1.63. The van der Waals surface area contributed by atoms with E-state index in [-0.39, 0.29) is 17.9 Å². The average molecular weight is 376 g/mol. The molecule has 0 aromatic carbocycles. The average Bonchev–Trinajstić information content (AvgIpc) is 3.23. The van der Waals surface area contributed by atoms with Crippen molar-refractivity contribution in [3.63, 3.8) is 0 Å². The summed E-state index contributed by atoms with van der Waals surface area (Å²) in [6, 6.07) is 6.19. The molecule has 0 spiro atoms. The van der Waals surface area contributed by atoms with E-state index in [4.69, 9.17) is 4.74 Å². The lowest BCUT2D eigenvalue weighted by molar-refractivity contribution is -0.136. The first-order chi connectivity index (χ1) is 12.4. The van der Waals surface area contributed by atoms with E-state index in [2.05, 4.69) is 36.8 Å². The molecule has 1 amide bonds. The van der Waals surface area contributed by atoms with E-state index in [1.807, 2.05) is 29.3 Å². The van der Waals surface area contributed by atoms with Crippen LogP contribution in [0.2, 0.25) is 0 Å². The Morgan fingerprint density at radius 3 is 2.92 bits per heavy atom. The predicted octanol–water partition coefficient (Wildman–Crippen LogP) is 3.16. The van der Waals surface area contributed by atoms with Crippen molar-refractivity contribution in [3.8, 4) is 0 Å². The summed E-state index contributed by atoms with van der Waals surface area (Å²) >= 11 is 1.64. The first-order valence-corrected chi connectivity index (χ1v) is 10.1. The van der Waals surface area contributed by atoms with E-state index in [1.54, 1.807) is 11.3 Å². The zero-order chi connectivity index (χ0) is 18.7. The number of thiophene rings is 1. The third-order valence-corrected chi connectivity index (χ3v) is 6.09. The molecule has 0 bridgehead atoms. The van der Waals surface area contributed by atoms with Crippen LogP contribution in [0.1, 0.15) is 34.7 Å². The van der Waals surface area contributed by atoms with E-state index in [0.29, 0.717) is 13.1 Å². The van der Waals surface area contributed by atoms with Crippen molar-refractivity contribution in [1.29, 1.82) is 0 Å². The fourth-order valence-electron chi connectivity index (χ4n) is 3.54. The largest absolute Gasteiger partial charge is 0.374 e. The summed E-state index contributed by atoms with van der Waals surface area (Å²) in [6.07, 6.45) is 0.0635. The number of H-pyrrole nitrogens is 1. The van der Waals surface area contributed by atoms with Crippen LogP contribution in [0.4, 0.5) is 0 Å². The van der Waals surface area contributed by atoms with Gasteiger partial charge in [-0.05, 0) is 50.9 Å². The molecule has 3 heterocycles. The highest BCUT2D eigenvalue weighted by Crippen LogP contribution is 2.25. The van der Waals surface area contributed by atoms with Crippen LogP contribution in [-0.4, -0.2) is 60.1 Å². The lowest BCUT2D eigenvalue weighted by Gasteiger charge is -2.35. The van der Waals surface area contributed by atoms with E-state index in [1.165, 1.54) is 5.56 Å². The highest BCUT2D eigenvalue weighted by atomic mass is 32.1. The molecule has 142 valence electrons. The standard InChI is InChI=1S/C20H29N3O2S/c1-14-10-17(16(3)21-14)11-23(13-18-12-22(4)7-8-25-18)20(24)15(2)19-6-5-9-26-19/h5-6,9-10,15,18,21H,7-8,11-13H2,1-4H3/t15-,18+/m0/s1. The van der Waals surface area contributed by atoms with Gasteiger partial charge in [0.1, 0.15) is 0 Å². The van der Waals surface area contributed by atoms with Crippen LogP contribution in [0, 0.1) is 13.8 Å². The minimum atomic E-state index is -0.128. The molecule has 1 N–H and O–H groups in total. The SMILES string of the molecule is Cc1cc(CN(C[C@H]2CN(C)CCO2)C(=O)[C@@H](C)c2cccs2)c(C)[nH]1. The maximum Gasteiger partial charge on any atom is 0.231 e. The zero-order valence-corrected chi connectivity index (χ0v) is 16.9. The summed E-state index contributed by atoms with van der Waals surface area (Å²) in [5.74, 6) is 0.0409. The quantitative estimate of drug-likeness (QED) is 0.844. The number of morpholine rings is 1. The second-order valence-electron chi connectivity index (χ2n) is 7.31. The van der Waals surface area contributed by atoms with Gasteiger partial charge in [0.25, 0.3) is 0 Å². The molecule has 2 aromatic heterocycles. The molecule has 2 aromatic rings. The van der Waals surface area contributed by atoms with E-state index in [9.17, 15) is 4.79 Å². The van der Waals surface area contributed by atoms with Crippen LogP contribution in [0.5, 0.6) is 0 Å². The summed E-state index contributed by atoms with van der Waals surface area (Å²) < 4.78 is 5.93. The first kappa shape index (κ1) is 19.1. The molecule has 3 rings (SSSR count). The molecule has 1 fully saturated rings. The van der Waals surface area contributed by atoms with Crippen molar-refractivity contribution >= 4 is 17.2 Å². The second-order valence-corrected chi connectivity index (χ2v) is 8.29. The number of likely N-dealkylation sites (N-methyl/N-ethyl adjacent to an activating group) is 1. The third kappa shape index (κ3) is 4.55. The van der Waals surface area contributed by atoms with Crippen LogP contribution in [-0.2, 0) is 16.1 Å². The summed E-state index contributed by atoms with van der Waals surface area (Å²) in [4.78, 5) is 22.0. The second kappa shape index (κ2) is 8.37. The molecule has 1 saturated heterocycles. The fraction of sp³-hybridized carbons (Fsp3) is 0.550. The molecule has 2 atom stereocenters. The van der Waals surface area contributed by atoms with Crippen LogP contribution < -0.4 is 0 Å². The number of hydrogen-bond donors (Lipinski definition) is 1. The van der Waals surface area contributed by atoms with Gasteiger partial charge < -0.3 is 19.5 Å². The normalized spacial score (nSPS) is 19.5. The highest BCUT2D eigenvalue weighted by Gasteiger charge is 2.28. The summed E-state index contributed by atoms with van der Waals surface area (Å²) in [5.41, 5.74) is 3.44. The minimum Gasteiger partial charge on any atom is -0.374 e. The molecule has 1 aliphatic heterocycles. The molecule has 0 unspecified atom stereocenters. The molecule has 0 saturated carbocycles. The topological polar surface area (TPSA) is 48.6 Å². The number of rotatable bonds is 6.